The molecule has 0 aliphatic carbocycles. The first-order valence-electron chi connectivity index (χ1n) is 6.18. The maximum atomic E-state index is 12.0. The van der Waals surface area contributed by atoms with Crippen molar-refractivity contribution in [2.45, 2.75) is 18.9 Å². The van der Waals surface area contributed by atoms with E-state index in [4.69, 9.17) is 5.73 Å². The molecule has 18 heavy (non-hydrogen) atoms. The molecule has 0 aliphatic heterocycles. The molecule has 4 heteroatoms. The minimum absolute atomic E-state index is 0.0416. The number of hydrogen-bond acceptors (Lipinski definition) is 3. The van der Waals surface area contributed by atoms with Crippen LogP contribution < -0.4 is 5.73 Å². The first-order chi connectivity index (χ1) is 8.65. The second-order valence-electron chi connectivity index (χ2n) is 4.38. The number of benzene rings is 1. The van der Waals surface area contributed by atoms with Gasteiger partial charge in [-0.1, -0.05) is 30.3 Å². The Morgan fingerprint density at radius 1 is 1.39 bits per heavy atom. The minimum atomic E-state index is -0.363. The molecule has 0 spiro atoms. The number of thioether (sulfide) groups is 1. The highest BCUT2D eigenvalue weighted by Gasteiger charge is 2.17. The molecule has 0 heterocycles. The third-order valence-electron chi connectivity index (χ3n) is 2.91. The van der Waals surface area contributed by atoms with Crippen LogP contribution in [0, 0.1) is 0 Å². The molecule has 0 saturated heterocycles. The monoisotopic (exact) mass is 266 g/mol. The number of carbonyl (C=O) groups is 1. The van der Waals surface area contributed by atoms with E-state index in [9.17, 15) is 4.79 Å². The number of nitrogens with zero attached hydrogens (tertiary/aromatic N) is 1. The maximum Gasteiger partial charge on any atom is 0.239 e. The summed E-state index contributed by atoms with van der Waals surface area (Å²) in [7, 11) is 1.82. The highest BCUT2D eigenvalue weighted by molar-refractivity contribution is 7.98. The maximum absolute atomic E-state index is 12.0. The van der Waals surface area contributed by atoms with E-state index >= 15 is 0 Å². The molecule has 1 atom stereocenters. The molecule has 0 radical (unpaired) electrons. The normalized spacial score (nSPS) is 12.2. The highest BCUT2D eigenvalue weighted by Crippen LogP contribution is 2.04. The Bertz CT molecular complexity index is 356. The average Bonchev–Trinajstić information content (AvgIpc) is 2.42. The first kappa shape index (κ1) is 15.1. The molecule has 1 aromatic rings. The van der Waals surface area contributed by atoms with Crippen LogP contribution in [0.4, 0.5) is 0 Å². The molecule has 1 amide bonds. The van der Waals surface area contributed by atoms with E-state index in [1.54, 1.807) is 16.7 Å². The average molecular weight is 266 g/mol. The lowest BCUT2D eigenvalue weighted by Crippen LogP contribution is -2.42. The van der Waals surface area contributed by atoms with Crippen molar-refractivity contribution in [3.05, 3.63) is 35.9 Å². The number of hydrogen-bond donors (Lipinski definition) is 1. The highest BCUT2D eigenvalue weighted by atomic mass is 32.2. The van der Waals surface area contributed by atoms with Crippen molar-refractivity contribution in [2.75, 3.05) is 25.6 Å². The zero-order chi connectivity index (χ0) is 13.4. The number of nitrogens with two attached hydrogens (primary N) is 1. The van der Waals surface area contributed by atoms with Gasteiger partial charge in [0.25, 0.3) is 0 Å². The molecule has 2 N–H and O–H groups in total. The number of rotatable bonds is 7. The van der Waals surface area contributed by atoms with Crippen LogP contribution in [-0.4, -0.2) is 42.4 Å². The lowest BCUT2D eigenvalue weighted by molar-refractivity contribution is -0.131. The van der Waals surface area contributed by atoms with Gasteiger partial charge in [-0.05, 0) is 30.4 Å². The van der Waals surface area contributed by atoms with Crippen molar-refractivity contribution in [3.63, 3.8) is 0 Å². The van der Waals surface area contributed by atoms with Gasteiger partial charge < -0.3 is 10.6 Å². The molecule has 100 valence electrons. The van der Waals surface area contributed by atoms with Crippen LogP contribution in [0.2, 0.25) is 0 Å². The van der Waals surface area contributed by atoms with Gasteiger partial charge in [0, 0.05) is 13.6 Å². The van der Waals surface area contributed by atoms with E-state index in [2.05, 4.69) is 12.1 Å². The Hall–Kier alpha value is -1.00. The molecule has 0 aromatic heterocycles. The van der Waals surface area contributed by atoms with Gasteiger partial charge in [-0.25, -0.2) is 0 Å². The van der Waals surface area contributed by atoms with Crippen molar-refractivity contribution in [1.29, 1.82) is 0 Å². The summed E-state index contributed by atoms with van der Waals surface area (Å²) in [5.74, 6) is 0.972. The number of carbonyl (C=O) groups excluding carboxylic acids is 1. The lowest BCUT2D eigenvalue weighted by Gasteiger charge is -2.21. The molecule has 0 fully saturated rings. The van der Waals surface area contributed by atoms with Crippen molar-refractivity contribution in [1.82, 2.24) is 4.90 Å². The van der Waals surface area contributed by atoms with E-state index in [0.29, 0.717) is 0 Å². The smallest absolute Gasteiger partial charge is 0.239 e. The first-order valence-corrected chi connectivity index (χ1v) is 7.58. The molecule has 0 bridgehead atoms. The topological polar surface area (TPSA) is 46.3 Å². The third-order valence-corrected chi connectivity index (χ3v) is 3.55. The second kappa shape index (κ2) is 8.16. The van der Waals surface area contributed by atoms with E-state index in [-0.39, 0.29) is 11.9 Å². The summed E-state index contributed by atoms with van der Waals surface area (Å²) < 4.78 is 0. The van der Waals surface area contributed by atoms with E-state index in [1.807, 2.05) is 31.5 Å². The van der Waals surface area contributed by atoms with Gasteiger partial charge in [-0.3, -0.25) is 4.79 Å². The summed E-state index contributed by atoms with van der Waals surface area (Å²) in [6.07, 6.45) is 3.64. The summed E-state index contributed by atoms with van der Waals surface area (Å²) in [4.78, 5) is 13.7. The van der Waals surface area contributed by atoms with Gasteiger partial charge in [0.1, 0.15) is 0 Å². The molecule has 0 unspecified atom stereocenters. The van der Waals surface area contributed by atoms with Crippen LogP contribution in [0.5, 0.6) is 0 Å². The zero-order valence-electron chi connectivity index (χ0n) is 11.1. The van der Waals surface area contributed by atoms with Crippen molar-refractivity contribution in [3.8, 4) is 0 Å². The fourth-order valence-corrected chi connectivity index (χ4v) is 2.19. The van der Waals surface area contributed by atoms with E-state index < -0.39 is 0 Å². The van der Waals surface area contributed by atoms with Gasteiger partial charge in [-0.15, -0.1) is 0 Å². The van der Waals surface area contributed by atoms with Crippen LogP contribution in [0.15, 0.2) is 30.3 Å². The standard InChI is InChI=1S/C14H22N2OS/c1-16(14(17)13(15)9-11-18-2)10-8-12-6-4-3-5-7-12/h3-7,13H,8-11,15H2,1-2H3/t13-/m1/s1. The van der Waals surface area contributed by atoms with E-state index in [0.717, 1.165) is 25.1 Å². The quantitative estimate of drug-likeness (QED) is 0.818. The minimum Gasteiger partial charge on any atom is -0.344 e. The Morgan fingerprint density at radius 2 is 2.06 bits per heavy atom. The van der Waals surface area contributed by atoms with Crippen molar-refractivity contribution < 1.29 is 4.79 Å². The Morgan fingerprint density at radius 3 is 2.67 bits per heavy atom. The molecular formula is C14H22N2OS. The van der Waals surface area contributed by atoms with Gasteiger partial charge in [0.2, 0.25) is 5.91 Å². The van der Waals surface area contributed by atoms with Crippen LogP contribution in [0.1, 0.15) is 12.0 Å². The molecule has 3 nitrogen and oxygen atoms in total. The van der Waals surface area contributed by atoms with Crippen molar-refractivity contribution >= 4 is 17.7 Å². The van der Waals surface area contributed by atoms with E-state index in [1.165, 1.54) is 5.56 Å². The van der Waals surface area contributed by atoms with Gasteiger partial charge in [0.15, 0.2) is 0 Å². The summed E-state index contributed by atoms with van der Waals surface area (Å²) >= 11 is 1.72. The Balaban J connectivity index is 2.35. The van der Waals surface area contributed by atoms with Crippen molar-refractivity contribution in [2.24, 2.45) is 5.73 Å². The number of likely N-dealkylation sites (N-methyl/N-ethyl adjacent to an activating group) is 1. The fraction of sp³-hybridized carbons (Fsp3) is 0.500. The van der Waals surface area contributed by atoms with Crippen LogP contribution in [0.25, 0.3) is 0 Å². The largest absolute Gasteiger partial charge is 0.344 e. The Kier molecular flexibility index (Phi) is 6.83. The predicted molar refractivity (Wildman–Crippen MR) is 78.8 cm³/mol. The van der Waals surface area contributed by atoms with Crippen LogP contribution in [-0.2, 0) is 11.2 Å². The zero-order valence-corrected chi connectivity index (χ0v) is 12.0. The SMILES string of the molecule is CSCC[C@@H](N)C(=O)N(C)CCc1ccccc1. The summed E-state index contributed by atoms with van der Waals surface area (Å²) in [5.41, 5.74) is 7.11. The van der Waals surface area contributed by atoms with Crippen LogP contribution in [0.3, 0.4) is 0 Å². The number of amides is 1. The fourth-order valence-electron chi connectivity index (χ4n) is 1.70. The molecule has 0 saturated carbocycles. The summed E-state index contributed by atoms with van der Waals surface area (Å²) in [6.45, 7) is 0.718. The van der Waals surface area contributed by atoms with Gasteiger partial charge >= 0.3 is 0 Å². The van der Waals surface area contributed by atoms with Gasteiger partial charge in [-0.2, -0.15) is 11.8 Å². The Labute approximate surface area is 114 Å². The predicted octanol–water partition coefficient (Wildman–Crippen LogP) is 1.77. The lowest BCUT2D eigenvalue weighted by atomic mass is 10.1. The molecule has 1 rings (SSSR count). The van der Waals surface area contributed by atoms with Gasteiger partial charge in [0.05, 0.1) is 6.04 Å². The summed E-state index contributed by atoms with van der Waals surface area (Å²) in [6, 6.07) is 9.82. The molecule has 0 aliphatic rings. The molecule has 1 aromatic carbocycles. The third kappa shape index (κ3) is 5.10. The van der Waals surface area contributed by atoms with Crippen LogP contribution >= 0.6 is 11.8 Å². The molecular weight excluding hydrogens is 244 g/mol. The second-order valence-corrected chi connectivity index (χ2v) is 5.37. The summed E-state index contributed by atoms with van der Waals surface area (Å²) in [5, 5.41) is 0.